The molecule has 0 heterocycles. The van der Waals surface area contributed by atoms with Gasteiger partial charge in [-0.15, -0.1) is 0 Å². The number of benzene rings is 3. The molecule has 0 atom stereocenters. The van der Waals surface area contributed by atoms with E-state index in [0.29, 0.717) is 0 Å². The molecular weight excluding hydrogens is 426 g/mol. The molecule has 0 fully saturated rings. The maximum atomic E-state index is 14.8. The van der Waals surface area contributed by atoms with Gasteiger partial charge >= 0.3 is 0 Å². The fraction of sp³-hybridized carbons (Fsp3) is 0.100. The van der Waals surface area contributed by atoms with E-state index in [1.165, 1.54) is 32.4 Å². The number of hydrogen-bond acceptors (Lipinski definition) is 4. The minimum Gasteiger partial charge on any atom is -0.493 e. The first-order chi connectivity index (χ1) is 14.1. The van der Waals surface area contributed by atoms with E-state index >= 15 is 0 Å². The van der Waals surface area contributed by atoms with Crippen LogP contribution in [0.5, 0.6) is 11.5 Å². The zero-order valence-electron chi connectivity index (χ0n) is 15.7. The first-order valence-corrected chi connectivity index (χ1v) is 9.86. The van der Waals surface area contributed by atoms with Gasteiger partial charge in [-0.1, -0.05) is 18.2 Å². The van der Waals surface area contributed by atoms with Gasteiger partial charge in [-0.3, -0.25) is 0 Å². The van der Waals surface area contributed by atoms with E-state index in [1.807, 2.05) is 0 Å². The van der Waals surface area contributed by atoms with Gasteiger partial charge in [0, 0.05) is 11.1 Å². The average molecular weight is 441 g/mol. The molecule has 0 bridgehead atoms. The first kappa shape index (κ1) is 21.6. The molecule has 0 spiro atoms. The Kier molecular flexibility index (Phi) is 5.73. The molecule has 0 aliphatic carbocycles. The Morgan fingerprint density at radius 3 is 1.63 bits per heavy atom. The van der Waals surface area contributed by atoms with Gasteiger partial charge in [-0.25, -0.2) is 31.1 Å². The predicted octanol–water partition coefficient (Wildman–Crippen LogP) is 4.24. The number of hydrogen-bond donors (Lipinski definition) is 1. The summed E-state index contributed by atoms with van der Waals surface area (Å²) in [5.74, 6) is -6.81. The second kappa shape index (κ2) is 7.96. The van der Waals surface area contributed by atoms with Crippen LogP contribution >= 0.6 is 0 Å². The van der Waals surface area contributed by atoms with Crippen molar-refractivity contribution in [3.8, 4) is 33.8 Å². The highest BCUT2D eigenvalue weighted by molar-refractivity contribution is 7.89. The molecule has 30 heavy (non-hydrogen) atoms. The Labute approximate surface area is 169 Å². The zero-order chi connectivity index (χ0) is 22.2. The summed E-state index contributed by atoms with van der Waals surface area (Å²) in [6, 6.07) is 8.29. The van der Waals surface area contributed by atoms with Gasteiger partial charge in [0.25, 0.3) is 0 Å². The van der Waals surface area contributed by atoms with Crippen LogP contribution in [0.2, 0.25) is 0 Å². The van der Waals surface area contributed by atoms with Crippen LogP contribution in [0.4, 0.5) is 17.6 Å². The largest absolute Gasteiger partial charge is 0.493 e. The van der Waals surface area contributed by atoms with Gasteiger partial charge in [-0.05, 0) is 35.4 Å². The molecule has 0 aliphatic heterocycles. The molecule has 0 unspecified atom stereocenters. The second-order valence-electron chi connectivity index (χ2n) is 6.15. The minimum atomic E-state index is -4.05. The summed E-state index contributed by atoms with van der Waals surface area (Å²) in [6.45, 7) is 0. The molecule has 0 radical (unpaired) electrons. The molecule has 0 saturated heterocycles. The maximum absolute atomic E-state index is 14.8. The van der Waals surface area contributed by atoms with Crippen molar-refractivity contribution >= 4 is 10.0 Å². The highest BCUT2D eigenvalue weighted by Crippen LogP contribution is 2.41. The van der Waals surface area contributed by atoms with Gasteiger partial charge in [0.05, 0.1) is 19.1 Å². The molecule has 158 valence electrons. The number of primary sulfonamides is 1. The smallest absolute Gasteiger partial charge is 0.238 e. The molecule has 0 amide bonds. The highest BCUT2D eigenvalue weighted by atomic mass is 32.2. The third-order valence-electron chi connectivity index (χ3n) is 4.41. The Bertz CT molecular complexity index is 1230. The SMILES string of the molecule is COc1ccc(-c2c(F)c(F)c(F)c(F)c2-c2ccc(S(N)(=O)=O)cc2)cc1OC. The van der Waals surface area contributed by atoms with E-state index in [4.69, 9.17) is 14.6 Å². The number of nitrogens with two attached hydrogens (primary N) is 1. The summed E-state index contributed by atoms with van der Waals surface area (Å²) >= 11 is 0. The number of methoxy groups -OCH3 is 2. The van der Waals surface area contributed by atoms with Crippen molar-refractivity contribution in [2.75, 3.05) is 14.2 Å². The van der Waals surface area contributed by atoms with Gasteiger partial charge in [0.15, 0.2) is 34.8 Å². The molecule has 0 aromatic heterocycles. The predicted molar refractivity (Wildman–Crippen MR) is 102 cm³/mol. The van der Waals surface area contributed by atoms with E-state index in [-0.39, 0.29) is 27.5 Å². The summed E-state index contributed by atoms with van der Waals surface area (Å²) in [4.78, 5) is -0.289. The summed E-state index contributed by atoms with van der Waals surface area (Å²) < 4.78 is 90.7. The molecule has 3 aromatic carbocycles. The molecule has 2 N–H and O–H groups in total. The Hall–Kier alpha value is -3.11. The number of halogens is 4. The van der Waals surface area contributed by atoms with Crippen LogP contribution < -0.4 is 14.6 Å². The van der Waals surface area contributed by atoms with E-state index in [0.717, 1.165) is 24.3 Å². The Balaban J connectivity index is 2.34. The summed E-state index contributed by atoms with van der Waals surface area (Å²) in [5.41, 5.74) is -1.29. The van der Waals surface area contributed by atoms with Crippen LogP contribution in [-0.4, -0.2) is 22.6 Å². The molecule has 3 rings (SSSR count). The fourth-order valence-corrected chi connectivity index (χ4v) is 3.49. The summed E-state index contributed by atoms with van der Waals surface area (Å²) in [6.07, 6.45) is 0. The summed E-state index contributed by atoms with van der Waals surface area (Å²) in [7, 11) is -1.36. The lowest BCUT2D eigenvalue weighted by Gasteiger charge is -2.16. The van der Waals surface area contributed by atoms with Crippen LogP contribution in [0.15, 0.2) is 47.4 Å². The zero-order valence-corrected chi connectivity index (χ0v) is 16.5. The van der Waals surface area contributed by atoms with Gasteiger partial charge in [0.2, 0.25) is 10.0 Å². The minimum absolute atomic E-state index is 0.0199. The lowest BCUT2D eigenvalue weighted by Crippen LogP contribution is -2.11. The summed E-state index contributed by atoms with van der Waals surface area (Å²) in [5, 5.41) is 5.03. The van der Waals surface area contributed by atoms with Crippen molar-refractivity contribution < 1.29 is 35.5 Å². The van der Waals surface area contributed by atoms with Crippen LogP contribution in [0.25, 0.3) is 22.3 Å². The van der Waals surface area contributed by atoms with Crippen LogP contribution in [0.1, 0.15) is 0 Å². The van der Waals surface area contributed by atoms with E-state index < -0.39 is 44.4 Å². The molecule has 10 heteroatoms. The molecule has 5 nitrogen and oxygen atoms in total. The van der Waals surface area contributed by atoms with Crippen LogP contribution in [-0.2, 0) is 10.0 Å². The molecule has 3 aromatic rings. The average Bonchev–Trinajstić information content (AvgIpc) is 2.73. The topological polar surface area (TPSA) is 78.6 Å². The van der Waals surface area contributed by atoms with Crippen molar-refractivity contribution in [2.24, 2.45) is 5.14 Å². The van der Waals surface area contributed by atoms with Gasteiger partial charge < -0.3 is 9.47 Å². The number of sulfonamides is 1. The van der Waals surface area contributed by atoms with Crippen LogP contribution in [0, 0.1) is 23.3 Å². The molecule has 0 aliphatic rings. The van der Waals surface area contributed by atoms with E-state index in [9.17, 15) is 26.0 Å². The van der Waals surface area contributed by atoms with Crippen molar-refractivity contribution in [1.29, 1.82) is 0 Å². The third-order valence-corrected chi connectivity index (χ3v) is 5.34. The molecule has 0 saturated carbocycles. The van der Waals surface area contributed by atoms with Gasteiger partial charge in [-0.2, -0.15) is 0 Å². The van der Waals surface area contributed by atoms with E-state index in [1.54, 1.807) is 0 Å². The number of rotatable bonds is 5. The maximum Gasteiger partial charge on any atom is 0.238 e. The van der Waals surface area contributed by atoms with Crippen molar-refractivity contribution in [3.05, 3.63) is 65.7 Å². The highest BCUT2D eigenvalue weighted by Gasteiger charge is 2.28. The van der Waals surface area contributed by atoms with E-state index in [2.05, 4.69) is 0 Å². The van der Waals surface area contributed by atoms with Gasteiger partial charge in [0.1, 0.15) is 0 Å². The van der Waals surface area contributed by atoms with Crippen LogP contribution in [0.3, 0.4) is 0 Å². The first-order valence-electron chi connectivity index (χ1n) is 8.31. The molecular formula is C20H15F4NO4S. The third kappa shape index (κ3) is 3.71. The lowest BCUT2D eigenvalue weighted by molar-refractivity contribution is 0.355. The van der Waals surface area contributed by atoms with Crippen molar-refractivity contribution in [1.82, 2.24) is 0 Å². The monoisotopic (exact) mass is 441 g/mol. The van der Waals surface area contributed by atoms with Crippen molar-refractivity contribution in [2.45, 2.75) is 4.90 Å². The lowest BCUT2D eigenvalue weighted by atomic mass is 9.92. The number of ether oxygens (including phenoxy) is 2. The standard InChI is InChI=1S/C20H15F4NO4S/c1-28-13-8-5-11(9-14(13)29-2)16-15(17(21)19(23)20(24)18(16)22)10-3-6-12(7-4-10)30(25,26)27/h3-9H,1-2H3,(H2,25,26,27). The Morgan fingerprint density at radius 1 is 0.700 bits per heavy atom. The Morgan fingerprint density at radius 2 is 1.17 bits per heavy atom. The quantitative estimate of drug-likeness (QED) is 0.365. The van der Waals surface area contributed by atoms with Crippen molar-refractivity contribution in [3.63, 3.8) is 0 Å². The normalized spacial score (nSPS) is 11.4. The fourth-order valence-electron chi connectivity index (χ4n) is 2.98. The second-order valence-corrected chi connectivity index (χ2v) is 7.71.